The van der Waals surface area contributed by atoms with Gasteiger partial charge in [-0.25, -0.2) is 8.78 Å². The second-order valence-electron chi connectivity index (χ2n) is 6.51. The van der Waals surface area contributed by atoms with E-state index in [1.807, 2.05) is 6.92 Å². The van der Waals surface area contributed by atoms with Crippen molar-refractivity contribution in [3.63, 3.8) is 0 Å². The first-order chi connectivity index (χ1) is 13.3. The molecular weight excluding hydrogens is 366 g/mol. The van der Waals surface area contributed by atoms with Gasteiger partial charge in [-0.05, 0) is 31.5 Å². The molecular formula is C21H20F2N2O3. The van der Waals surface area contributed by atoms with Crippen LogP contribution >= 0.6 is 0 Å². The van der Waals surface area contributed by atoms with Gasteiger partial charge >= 0.3 is 0 Å². The largest absolute Gasteiger partial charge is 0.369 e. The molecule has 146 valence electrons. The zero-order chi connectivity index (χ0) is 20.4. The minimum absolute atomic E-state index is 0.0954. The highest BCUT2D eigenvalue weighted by Crippen LogP contribution is 2.23. The summed E-state index contributed by atoms with van der Waals surface area (Å²) in [4.78, 5) is 25.6. The molecule has 0 spiro atoms. The Morgan fingerprint density at radius 3 is 2.61 bits per heavy atom. The molecule has 3 aromatic rings. The molecule has 0 saturated carbocycles. The van der Waals surface area contributed by atoms with Crippen molar-refractivity contribution in [3.8, 4) is 0 Å². The van der Waals surface area contributed by atoms with Gasteiger partial charge < -0.3 is 15.0 Å². The van der Waals surface area contributed by atoms with E-state index >= 15 is 0 Å². The van der Waals surface area contributed by atoms with Crippen LogP contribution in [0.4, 0.5) is 8.78 Å². The highest BCUT2D eigenvalue weighted by atomic mass is 19.1. The van der Waals surface area contributed by atoms with Crippen molar-refractivity contribution in [2.45, 2.75) is 33.0 Å². The molecule has 1 amide bonds. The number of amides is 1. The standard InChI is InChI=1S/C21H20F2N2O3/c1-3-10-25-12(2)17(15-8-5-9-16(23)18(15)21(25)28)20(27)24-19(26)13-6-4-7-14(22)11-13/h4-9,11,19,26H,3,10H2,1-2H3,(H,24,27)/t19-/m0/s1. The van der Waals surface area contributed by atoms with Gasteiger partial charge in [0.05, 0.1) is 10.9 Å². The summed E-state index contributed by atoms with van der Waals surface area (Å²) in [6, 6.07) is 9.28. The van der Waals surface area contributed by atoms with E-state index in [0.29, 0.717) is 18.7 Å². The van der Waals surface area contributed by atoms with Gasteiger partial charge in [0.1, 0.15) is 11.6 Å². The van der Waals surface area contributed by atoms with Crippen LogP contribution in [0.1, 0.15) is 41.2 Å². The van der Waals surface area contributed by atoms with Crippen molar-refractivity contribution in [2.24, 2.45) is 0 Å². The summed E-state index contributed by atoms with van der Waals surface area (Å²) in [5.74, 6) is -1.95. The van der Waals surface area contributed by atoms with E-state index in [4.69, 9.17) is 0 Å². The number of carbonyl (C=O) groups excluding carboxylic acids is 1. The Morgan fingerprint density at radius 2 is 1.93 bits per heavy atom. The quantitative estimate of drug-likeness (QED) is 0.660. The number of benzene rings is 2. The summed E-state index contributed by atoms with van der Waals surface area (Å²) in [5.41, 5.74) is 0.130. The summed E-state index contributed by atoms with van der Waals surface area (Å²) in [5, 5.41) is 12.7. The molecule has 0 radical (unpaired) electrons. The fourth-order valence-electron chi connectivity index (χ4n) is 3.30. The van der Waals surface area contributed by atoms with Gasteiger partial charge in [-0.2, -0.15) is 0 Å². The van der Waals surface area contributed by atoms with Crippen LogP contribution < -0.4 is 10.9 Å². The van der Waals surface area contributed by atoms with Gasteiger partial charge in [-0.1, -0.05) is 31.2 Å². The number of aliphatic hydroxyl groups is 1. The normalized spacial score (nSPS) is 12.2. The molecule has 3 rings (SSSR count). The van der Waals surface area contributed by atoms with E-state index in [-0.39, 0.29) is 21.9 Å². The third-order valence-corrected chi connectivity index (χ3v) is 4.62. The lowest BCUT2D eigenvalue weighted by Crippen LogP contribution is -2.33. The van der Waals surface area contributed by atoms with Gasteiger partial charge in [0.2, 0.25) is 0 Å². The topological polar surface area (TPSA) is 71.3 Å². The fourth-order valence-corrected chi connectivity index (χ4v) is 3.30. The zero-order valence-corrected chi connectivity index (χ0v) is 15.5. The highest BCUT2D eigenvalue weighted by molar-refractivity contribution is 6.07. The Kier molecular flexibility index (Phi) is 5.56. The van der Waals surface area contributed by atoms with E-state index < -0.39 is 29.3 Å². The summed E-state index contributed by atoms with van der Waals surface area (Å²) in [6.45, 7) is 3.79. The average Bonchev–Trinajstić information content (AvgIpc) is 2.65. The number of halogens is 2. The van der Waals surface area contributed by atoms with E-state index in [1.54, 1.807) is 6.92 Å². The summed E-state index contributed by atoms with van der Waals surface area (Å²) >= 11 is 0. The molecule has 0 aliphatic heterocycles. The van der Waals surface area contributed by atoms with E-state index in [0.717, 1.165) is 6.07 Å². The smallest absolute Gasteiger partial charge is 0.261 e. The number of nitrogens with zero attached hydrogens (tertiary/aromatic N) is 1. The van der Waals surface area contributed by atoms with Crippen molar-refractivity contribution in [2.75, 3.05) is 0 Å². The molecule has 5 nitrogen and oxygen atoms in total. The van der Waals surface area contributed by atoms with E-state index in [2.05, 4.69) is 5.32 Å². The summed E-state index contributed by atoms with van der Waals surface area (Å²) in [7, 11) is 0. The van der Waals surface area contributed by atoms with Gasteiger partial charge in [-0.15, -0.1) is 0 Å². The SMILES string of the molecule is CCCn1c(C)c(C(=O)N[C@@H](O)c2cccc(F)c2)c2cccc(F)c2c1=O. The molecule has 1 aromatic heterocycles. The van der Waals surface area contributed by atoms with Gasteiger partial charge in [0.15, 0.2) is 6.23 Å². The molecule has 28 heavy (non-hydrogen) atoms. The maximum absolute atomic E-state index is 14.4. The minimum atomic E-state index is -1.46. The number of rotatable bonds is 5. The van der Waals surface area contributed by atoms with Gasteiger partial charge in [-0.3, -0.25) is 9.59 Å². The third-order valence-electron chi connectivity index (χ3n) is 4.62. The minimum Gasteiger partial charge on any atom is -0.369 e. The van der Waals surface area contributed by atoms with Crippen LogP contribution in [0, 0.1) is 18.6 Å². The van der Waals surface area contributed by atoms with Crippen molar-refractivity contribution >= 4 is 16.7 Å². The van der Waals surface area contributed by atoms with Crippen LogP contribution in [-0.2, 0) is 6.54 Å². The Labute approximate surface area is 160 Å². The van der Waals surface area contributed by atoms with Crippen LogP contribution in [0.3, 0.4) is 0 Å². The van der Waals surface area contributed by atoms with Crippen molar-refractivity contribution < 1.29 is 18.7 Å². The molecule has 1 heterocycles. The first-order valence-corrected chi connectivity index (χ1v) is 8.91. The number of pyridine rings is 1. The lowest BCUT2D eigenvalue weighted by Gasteiger charge is -2.19. The fraction of sp³-hybridized carbons (Fsp3) is 0.238. The number of aliphatic hydroxyl groups excluding tert-OH is 1. The molecule has 1 atom stereocenters. The second-order valence-corrected chi connectivity index (χ2v) is 6.51. The number of hydrogen-bond donors (Lipinski definition) is 2. The summed E-state index contributed by atoms with van der Waals surface area (Å²) in [6.07, 6.45) is -0.842. The molecule has 2 aromatic carbocycles. The van der Waals surface area contributed by atoms with Crippen LogP contribution in [0.25, 0.3) is 10.8 Å². The maximum Gasteiger partial charge on any atom is 0.261 e. The van der Waals surface area contributed by atoms with Crippen LogP contribution in [-0.4, -0.2) is 15.6 Å². The Bertz CT molecular complexity index is 1110. The molecule has 0 fully saturated rings. The number of fused-ring (bicyclic) bond motifs is 1. The highest BCUT2D eigenvalue weighted by Gasteiger charge is 2.23. The molecule has 0 aliphatic carbocycles. The molecule has 0 saturated heterocycles. The summed E-state index contributed by atoms with van der Waals surface area (Å²) < 4.78 is 29.1. The lowest BCUT2D eigenvalue weighted by molar-refractivity contribution is 0.0783. The van der Waals surface area contributed by atoms with Gasteiger partial charge in [0.25, 0.3) is 11.5 Å². The van der Waals surface area contributed by atoms with Crippen LogP contribution in [0.2, 0.25) is 0 Å². The van der Waals surface area contributed by atoms with E-state index in [9.17, 15) is 23.5 Å². The number of aromatic nitrogens is 1. The Morgan fingerprint density at radius 1 is 1.21 bits per heavy atom. The van der Waals surface area contributed by atoms with Crippen molar-refractivity contribution in [3.05, 3.63) is 81.3 Å². The predicted molar refractivity (Wildman–Crippen MR) is 102 cm³/mol. The average molecular weight is 386 g/mol. The molecule has 2 N–H and O–H groups in total. The molecule has 0 aliphatic rings. The van der Waals surface area contributed by atoms with Crippen molar-refractivity contribution in [1.82, 2.24) is 9.88 Å². The van der Waals surface area contributed by atoms with E-state index in [1.165, 1.54) is 41.0 Å². The Balaban J connectivity index is 2.12. The van der Waals surface area contributed by atoms with Crippen LogP contribution in [0.5, 0.6) is 0 Å². The lowest BCUT2D eigenvalue weighted by atomic mass is 10.0. The number of carbonyl (C=O) groups is 1. The second kappa shape index (κ2) is 7.90. The Hall–Kier alpha value is -3.06. The monoisotopic (exact) mass is 386 g/mol. The predicted octanol–water partition coefficient (Wildman–Crippen LogP) is 3.42. The van der Waals surface area contributed by atoms with Crippen LogP contribution in [0.15, 0.2) is 47.3 Å². The molecule has 0 bridgehead atoms. The number of nitrogens with one attached hydrogen (secondary N) is 1. The third kappa shape index (κ3) is 3.53. The molecule has 0 unspecified atom stereocenters. The number of hydrogen-bond acceptors (Lipinski definition) is 3. The van der Waals surface area contributed by atoms with Gasteiger partial charge in [0, 0.05) is 23.2 Å². The van der Waals surface area contributed by atoms with Crippen molar-refractivity contribution in [1.29, 1.82) is 0 Å². The first-order valence-electron chi connectivity index (χ1n) is 8.91. The maximum atomic E-state index is 14.4. The zero-order valence-electron chi connectivity index (χ0n) is 15.5. The first kappa shape index (κ1) is 19.7. The molecule has 7 heteroatoms.